The maximum Gasteiger partial charge on any atom is 0.241 e. The molecule has 0 aromatic carbocycles. The Bertz CT molecular complexity index is 515. The van der Waals surface area contributed by atoms with Crippen LogP contribution in [-0.4, -0.2) is 10.6 Å². The molecule has 3 heteroatoms. The molecule has 0 saturated heterocycles. The molecule has 1 aliphatic heterocycles. The molecule has 3 heterocycles. The molecule has 2 aromatic heterocycles. The van der Waals surface area contributed by atoms with Crippen molar-refractivity contribution < 1.29 is 0 Å². The maximum atomic E-state index is 2.23. The minimum Gasteiger partial charge on any atom is -0.143 e. The smallest absolute Gasteiger partial charge is 0.143 e. The zero-order valence-electron chi connectivity index (χ0n) is 7.97. The van der Waals surface area contributed by atoms with Crippen molar-refractivity contribution in [3.63, 3.8) is 0 Å². The lowest BCUT2D eigenvalue weighted by Gasteiger charge is -1.87. The molecule has 0 atom stereocenters. The topological polar surface area (TPSA) is 0 Å². The van der Waals surface area contributed by atoms with Gasteiger partial charge in [0.05, 0.1) is 4.88 Å². The minimum atomic E-state index is 1.13. The van der Waals surface area contributed by atoms with E-state index in [9.17, 15) is 0 Å². The van der Waals surface area contributed by atoms with Crippen molar-refractivity contribution in [3.05, 3.63) is 46.7 Å². The third kappa shape index (κ3) is 1.83. The fourth-order valence-corrected chi connectivity index (χ4v) is 4.35. The van der Waals surface area contributed by atoms with E-state index in [1.807, 2.05) is 34.0 Å². The van der Waals surface area contributed by atoms with Gasteiger partial charge in [0, 0.05) is 15.8 Å². The molecule has 0 saturated carbocycles. The van der Waals surface area contributed by atoms with Gasteiger partial charge < -0.3 is 0 Å². The van der Waals surface area contributed by atoms with Gasteiger partial charge in [-0.05, 0) is 29.7 Å². The zero-order valence-corrected chi connectivity index (χ0v) is 10.4. The molecule has 3 rings (SSSR count). The van der Waals surface area contributed by atoms with Gasteiger partial charge in [0.1, 0.15) is 0 Å². The monoisotopic (exact) mass is 249 g/mol. The third-order valence-corrected chi connectivity index (χ3v) is 5.56. The molecule has 0 aliphatic carbocycles. The number of thiophene rings is 2. The molecular weight excluding hydrogens is 240 g/mol. The van der Waals surface area contributed by atoms with Crippen LogP contribution in [0.25, 0.3) is 9.75 Å². The normalized spacial score (nSPS) is 14.5. The van der Waals surface area contributed by atoms with Crippen LogP contribution in [0.15, 0.2) is 41.8 Å². The van der Waals surface area contributed by atoms with Crippen molar-refractivity contribution >= 4 is 38.9 Å². The number of hydrogen-bond acceptors (Lipinski definition) is 2. The predicted octanol–water partition coefficient (Wildman–Crippen LogP) is 3.65. The zero-order chi connectivity index (χ0) is 10.1. The van der Waals surface area contributed by atoms with Crippen molar-refractivity contribution in [1.82, 2.24) is 0 Å². The maximum absolute atomic E-state index is 2.23. The Morgan fingerprint density at radius 1 is 1.07 bits per heavy atom. The molecule has 15 heavy (non-hydrogen) atoms. The molecule has 1 aliphatic rings. The van der Waals surface area contributed by atoms with Crippen LogP contribution in [0, 0.1) is 0 Å². The summed E-state index contributed by atoms with van der Waals surface area (Å²) in [6.07, 6.45) is 4.46. The second-order valence-electron chi connectivity index (χ2n) is 3.22. The molecule has 0 bridgehead atoms. The van der Waals surface area contributed by atoms with Crippen molar-refractivity contribution in [2.75, 3.05) is 5.75 Å². The van der Waals surface area contributed by atoms with E-state index < -0.39 is 0 Å². The lowest BCUT2D eigenvalue weighted by molar-refractivity contribution is 1.83. The Labute approximate surface area is 101 Å². The van der Waals surface area contributed by atoms with Crippen LogP contribution in [0.5, 0.6) is 0 Å². The van der Waals surface area contributed by atoms with Crippen LogP contribution in [0.3, 0.4) is 0 Å². The lowest BCUT2D eigenvalue weighted by Crippen LogP contribution is -1.89. The average Bonchev–Trinajstić information content (AvgIpc) is 3.02. The first-order valence-corrected chi connectivity index (χ1v) is 7.42. The molecule has 0 radical (unpaired) electrons. The summed E-state index contributed by atoms with van der Waals surface area (Å²) in [6.45, 7) is 0. The van der Waals surface area contributed by atoms with Gasteiger partial charge in [-0.25, -0.2) is 0 Å². The molecule has 0 nitrogen and oxygen atoms in total. The van der Waals surface area contributed by atoms with E-state index in [-0.39, 0.29) is 0 Å². The van der Waals surface area contributed by atoms with Crippen molar-refractivity contribution in [3.8, 4) is 9.75 Å². The SMILES string of the molecule is C1=CC(c2ccc(-c3cccs3)s2)=[S+]C1. The highest BCUT2D eigenvalue weighted by Gasteiger charge is 2.17. The Hall–Kier alpha value is -0.770. The van der Waals surface area contributed by atoms with E-state index in [2.05, 4.69) is 41.8 Å². The molecule has 0 unspecified atom stereocenters. The minimum absolute atomic E-state index is 1.13. The summed E-state index contributed by atoms with van der Waals surface area (Å²) in [4.78, 5) is 5.58. The van der Waals surface area contributed by atoms with E-state index in [0.717, 1.165) is 5.75 Å². The van der Waals surface area contributed by atoms with Crippen molar-refractivity contribution in [1.29, 1.82) is 0 Å². The van der Waals surface area contributed by atoms with Gasteiger partial charge in [0.15, 0.2) is 17.1 Å². The van der Waals surface area contributed by atoms with Gasteiger partial charge in [0.25, 0.3) is 0 Å². The fraction of sp³-hybridized carbons (Fsp3) is 0.0833. The fourth-order valence-electron chi connectivity index (χ4n) is 1.52. The van der Waals surface area contributed by atoms with Crippen LogP contribution in [0.4, 0.5) is 0 Å². The van der Waals surface area contributed by atoms with E-state index in [0.29, 0.717) is 0 Å². The quantitative estimate of drug-likeness (QED) is 0.563. The molecule has 74 valence electrons. The van der Waals surface area contributed by atoms with E-state index >= 15 is 0 Å². The number of rotatable bonds is 2. The lowest BCUT2D eigenvalue weighted by atomic mass is 10.3. The first kappa shape index (κ1) is 9.46. The summed E-state index contributed by atoms with van der Waals surface area (Å²) in [5, 5.41) is 2.13. The van der Waals surface area contributed by atoms with Gasteiger partial charge >= 0.3 is 0 Å². The van der Waals surface area contributed by atoms with Crippen LogP contribution in [0.1, 0.15) is 4.88 Å². The number of allylic oxidation sites excluding steroid dienone is 1. The molecular formula is C12H9S3+. The highest BCUT2D eigenvalue weighted by atomic mass is 32.1. The Morgan fingerprint density at radius 2 is 2.00 bits per heavy atom. The molecule has 0 fully saturated rings. The van der Waals surface area contributed by atoms with Crippen molar-refractivity contribution in [2.45, 2.75) is 0 Å². The first-order chi connectivity index (χ1) is 7.43. The average molecular weight is 249 g/mol. The van der Waals surface area contributed by atoms with Gasteiger partial charge in [-0.1, -0.05) is 6.07 Å². The summed E-state index contributed by atoms with van der Waals surface area (Å²) in [6, 6.07) is 8.75. The van der Waals surface area contributed by atoms with Crippen LogP contribution in [0.2, 0.25) is 0 Å². The Balaban J connectivity index is 1.97. The van der Waals surface area contributed by atoms with Crippen LogP contribution < -0.4 is 0 Å². The molecule has 2 aromatic rings. The second kappa shape index (κ2) is 4.00. The third-order valence-electron chi connectivity index (χ3n) is 2.22. The predicted molar refractivity (Wildman–Crippen MR) is 73.1 cm³/mol. The van der Waals surface area contributed by atoms with Gasteiger partial charge in [-0.3, -0.25) is 0 Å². The summed E-state index contributed by atoms with van der Waals surface area (Å²) < 4.78 is 0. The largest absolute Gasteiger partial charge is 0.241 e. The van der Waals surface area contributed by atoms with Gasteiger partial charge in [-0.2, -0.15) is 0 Å². The second-order valence-corrected chi connectivity index (χ2v) is 6.31. The molecule has 0 amide bonds. The summed E-state index contributed by atoms with van der Waals surface area (Å²) in [5.41, 5.74) is 0. The van der Waals surface area contributed by atoms with E-state index in [1.54, 1.807) is 0 Å². The molecule has 0 N–H and O–H groups in total. The van der Waals surface area contributed by atoms with Gasteiger partial charge in [-0.15, -0.1) is 22.7 Å². The summed E-state index contributed by atoms with van der Waals surface area (Å²) in [5.74, 6) is 1.13. The standard InChI is InChI=1S/C12H9S3/c1-3-9(13-7-1)11-5-6-12(15-11)10-4-2-8-14-10/h1-7H,8H2/q+1. The molecule has 0 spiro atoms. The highest BCUT2D eigenvalue weighted by molar-refractivity contribution is 7.80. The Morgan fingerprint density at radius 3 is 2.73 bits per heavy atom. The number of hydrogen-bond donors (Lipinski definition) is 0. The first-order valence-electron chi connectivity index (χ1n) is 4.74. The summed E-state index contributed by atoms with van der Waals surface area (Å²) >= 11 is 5.62. The van der Waals surface area contributed by atoms with E-state index in [1.165, 1.54) is 19.5 Å². The highest BCUT2D eigenvalue weighted by Crippen LogP contribution is 2.32. The van der Waals surface area contributed by atoms with Crippen LogP contribution >= 0.6 is 22.7 Å². The Kier molecular flexibility index (Phi) is 2.52. The summed E-state index contributed by atoms with van der Waals surface area (Å²) in [7, 11) is 0. The van der Waals surface area contributed by atoms with Crippen LogP contribution in [-0.2, 0) is 11.4 Å². The van der Waals surface area contributed by atoms with Crippen molar-refractivity contribution in [2.24, 2.45) is 0 Å². The van der Waals surface area contributed by atoms with Gasteiger partial charge in [0.2, 0.25) is 4.86 Å². The van der Waals surface area contributed by atoms with E-state index in [4.69, 9.17) is 0 Å².